The van der Waals surface area contributed by atoms with Gasteiger partial charge in [-0.1, -0.05) is 47.4 Å². The number of nitriles is 1. The van der Waals surface area contributed by atoms with E-state index in [1.54, 1.807) is 19.9 Å². The number of ether oxygens (including phenoxy) is 1. The SMILES string of the molecule is CC(C)(CC(O)(Cc1ccc(C#N)c(Cl)c1)C(F)(F)F)c1cc(Br)cc2c1OCC2. The molecule has 1 N–H and O–H groups in total. The van der Waals surface area contributed by atoms with Crippen LogP contribution in [-0.2, 0) is 18.3 Å². The van der Waals surface area contributed by atoms with E-state index in [0.29, 0.717) is 24.3 Å². The molecule has 0 spiro atoms. The zero-order valence-corrected chi connectivity index (χ0v) is 18.7. The summed E-state index contributed by atoms with van der Waals surface area (Å²) in [5.74, 6) is 0.592. The Bertz CT molecular complexity index is 1020. The van der Waals surface area contributed by atoms with E-state index in [-0.39, 0.29) is 16.1 Å². The molecule has 0 saturated carbocycles. The fourth-order valence-corrected chi connectivity index (χ4v) is 4.71. The molecule has 30 heavy (non-hydrogen) atoms. The first kappa shape index (κ1) is 22.9. The number of alkyl halides is 3. The monoisotopic (exact) mass is 501 g/mol. The largest absolute Gasteiger partial charge is 0.493 e. The van der Waals surface area contributed by atoms with Crippen LogP contribution in [0.4, 0.5) is 13.2 Å². The molecule has 1 aliphatic rings. The molecule has 1 heterocycles. The number of fused-ring (bicyclic) bond motifs is 1. The van der Waals surface area contributed by atoms with Crippen molar-refractivity contribution in [2.45, 2.75) is 50.3 Å². The van der Waals surface area contributed by atoms with Crippen molar-refractivity contribution in [3.63, 3.8) is 0 Å². The number of aliphatic hydroxyl groups is 1. The predicted octanol–water partition coefficient (Wildman–Crippen LogP) is 6.11. The molecule has 0 aromatic heterocycles. The van der Waals surface area contributed by atoms with Crippen LogP contribution in [0.1, 0.15) is 42.5 Å². The minimum atomic E-state index is -4.87. The van der Waals surface area contributed by atoms with Gasteiger partial charge < -0.3 is 9.84 Å². The molecule has 160 valence electrons. The summed E-state index contributed by atoms with van der Waals surface area (Å²) >= 11 is 9.40. The molecule has 0 fully saturated rings. The van der Waals surface area contributed by atoms with Crippen molar-refractivity contribution in [1.82, 2.24) is 0 Å². The lowest BCUT2D eigenvalue weighted by Gasteiger charge is -2.38. The second kappa shape index (κ2) is 8.07. The first-order valence-corrected chi connectivity index (χ1v) is 10.5. The third-order valence-electron chi connectivity index (χ3n) is 5.39. The average molecular weight is 503 g/mol. The van der Waals surface area contributed by atoms with Crippen LogP contribution in [0.3, 0.4) is 0 Å². The Balaban J connectivity index is 1.99. The molecular weight excluding hydrogens is 483 g/mol. The quantitative estimate of drug-likeness (QED) is 0.536. The molecule has 2 aromatic rings. The van der Waals surface area contributed by atoms with Crippen LogP contribution in [0.25, 0.3) is 0 Å². The van der Waals surface area contributed by atoms with Crippen LogP contribution in [0.15, 0.2) is 34.8 Å². The highest BCUT2D eigenvalue weighted by Gasteiger charge is 2.56. The number of benzene rings is 2. The topological polar surface area (TPSA) is 53.2 Å². The molecule has 0 amide bonds. The van der Waals surface area contributed by atoms with Crippen molar-refractivity contribution in [3.05, 3.63) is 62.1 Å². The Kier molecular flexibility index (Phi) is 6.16. The molecule has 0 bridgehead atoms. The lowest BCUT2D eigenvalue weighted by Crippen LogP contribution is -2.50. The molecule has 2 aromatic carbocycles. The Hall–Kier alpha value is -1.75. The van der Waals surface area contributed by atoms with E-state index in [1.807, 2.05) is 12.1 Å². The van der Waals surface area contributed by atoms with Crippen LogP contribution in [0.5, 0.6) is 5.75 Å². The van der Waals surface area contributed by atoms with E-state index in [4.69, 9.17) is 21.6 Å². The lowest BCUT2D eigenvalue weighted by molar-refractivity contribution is -0.266. The third kappa shape index (κ3) is 4.46. The maximum absolute atomic E-state index is 14.1. The molecule has 0 saturated heterocycles. The van der Waals surface area contributed by atoms with Gasteiger partial charge in [-0.3, -0.25) is 0 Å². The lowest BCUT2D eigenvalue weighted by atomic mass is 9.72. The molecule has 3 nitrogen and oxygen atoms in total. The number of hydrogen-bond acceptors (Lipinski definition) is 3. The summed E-state index contributed by atoms with van der Waals surface area (Å²) in [6.07, 6.45) is -5.44. The van der Waals surface area contributed by atoms with E-state index >= 15 is 0 Å². The van der Waals surface area contributed by atoms with E-state index < -0.39 is 30.0 Å². The van der Waals surface area contributed by atoms with E-state index in [0.717, 1.165) is 10.0 Å². The van der Waals surface area contributed by atoms with E-state index in [1.165, 1.54) is 18.2 Å². The Morgan fingerprint density at radius 1 is 1.23 bits per heavy atom. The zero-order chi connectivity index (χ0) is 22.3. The molecule has 1 atom stereocenters. The van der Waals surface area contributed by atoms with Gasteiger partial charge in [0, 0.05) is 22.9 Å². The fourth-order valence-electron chi connectivity index (χ4n) is 3.96. The van der Waals surface area contributed by atoms with Gasteiger partial charge in [-0.2, -0.15) is 18.4 Å². The Morgan fingerprint density at radius 3 is 2.53 bits per heavy atom. The standard InChI is InChI=1S/C22H20BrClF3NO2/c1-20(2,17-9-16(23)8-14-5-6-30-19(14)17)12-21(29,22(25,26)27)10-13-3-4-15(11-28)18(24)7-13/h3-4,7-9,29H,5-6,10,12H2,1-2H3. The van der Waals surface area contributed by atoms with Crippen LogP contribution >= 0.6 is 27.5 Å². The zero-order valence-electron chi connectivity index (χ0n) is 16.4. The minimum absolute atomic E-state index is 0.0528. The van der Waals surface area contributed by atoms with Gasteiger partial charge >= 0.3 is 6.18 Å². The Morgan fingerprint density at radius 2 is 1.93 bits per heavy atom. The first-order valence-electron chi connectivity index (χ1n) is 9.30. The number of hydrogen-bond donors (Lipinski definition) is 1. The molecule has 8 heteroatoms. The van der Waals surface area contributed by atoms with Crippen molar-refractivity contribution in [1.29, 1.82) is 5.26 Å². The molecule has 0 radical (unpaired) electrons. The van der Waals surface area contributed by atoms with Crippen LogP contribution in [-0.4, -0.2) is 23.5 Å². The first-order chi connectivity index (χ1) is 13.9. The molecular formula is C22H20BrClF3NO2. The molecule has 1 unspecified atom stereocenters. The third-order valence-corrected chi connectivity index (χ3v) is 6.16. The minimum Gasteiger partial charge on any atom is -0.493 e. The van der Waals surface area contributed by atoms with E-state index in [9.17, 15) is 18.3 Å². The number of rotatable bonds is 5. The molecule has 1 aliphatic heterocycles. The summed E-state index contributed by atoms with van der Waals surface area (Å²) < 4.78 is 48.6. The summed E-state index contributed by atoms with van der Waals surface area (Å²) in [5, 5.41) is 19.9. The van der Waals surface area contributed by atoms with Crippen molar-refractivity contribution in [2.75, 3.05) is 6.61 Å². The number of halogens is 5. The van der Waals surface area contributed by atoms with Crippen LogP contribution in [0, 0.1) is 11.3 Å². The summed E-state index contributed by atoms with van der Waals surface area (Å²) in [5.41, 5.74) is -2.13. The second-order valence-corrected chi connectivity index (χ2v) is 9.56. The summed E-state index contributed by atoms with van der Waals surface area (Å²) in [4.78, 5) is 0. The fraction of sp³-hybridized carbons (Fsp3) is 0.409. The maximum Gasteiger partial charge on any atom is 0.417 e. The summed E-state index contributed by atoms with van der Waals surface area (Å²) in [7, 11) is 0. The highest BCUT2D eigenvalue weighted by Crippen LogP contribution is 2.47. The van der Waals surface area contributed by atoms with Gasteiger partial charge in [-0.15, -0.1) is 0 Å². The van der Waals surface area contributed by atoms with Gasteiger partial charge in [-0.25, -0.2) is 0 Å². The molecule has 3 rings (SSSR count). The smallest absolute Gasteiger partial charge is 0.417 e. The van der Waals surface area contributed by atoms with Gasteiger partial charge in [0.2, 0.25) is 0 Å². The van der Waals surface area contributed by atoms with Crippen molar-refractivity contribution >= 4 is 27.5 Å². The van der Waals surface area contributed by atoms with Crippen molar-refractivity contribution in [3.8, 4) is 11.8 Å². The van der Waals surface area contributed by atoms with Crippen molar-refractivity contribution in [2.24, 2.45) is 0 Å². The highest BCUT2D eigenvalue weighted by molar-refractivity contribution is 9.10. The van der Waals surface area contributed by atoms with Crippen molar-refractivity contribution < 1.29 is 23.0 Å². The van der Waals surface area contributed by atoms with Gasteiger partial charge in [0.1, 0.15) is 11.8 Å². The predicted molar refractivity (Wildman–Crippen MR) is 112 cm³/mol. The van der Waals surface area contributed by atoms with Gasteiger partial charge in [0.15, 0.2) is 5.60 Å². The highest BCUT2D eigenvalue weighted by atomic mass is 79.9. The number of nitrogens with zero attached hydrogens (tertiary/aromatic N) is 1. The van der Waals surface area contributed by atoms with Gasteiger partial charge in [0.25, 0.3) is 0 Å². The summed E-state index contributed by atoms with van der Waals surface area (Å²) in [6.45, 7) is 3.81. The normalized spacial score (nSPS) is 15.8. The second-order valence-electron chi connectivity index (χ2n) is 8.23. The van der Waals surface area contributed by atoms with Gasteiger partial charge in [-0.05, 0) is 47.2 Å². The Labute approximate surface area is 186 Å². The average Bonchev–Trinajstić information content (AvgIpc) is 3.07. The van der Waals surface area contributed by atoms with Crippen LogP contribution < -0.4 is 4.74 Å². The summed E-state index contributed by atoms with van der Waals surface area (Å²) in [6, 6.07) is 9.55. The van der Waals surface area contributed by atoms with E-state index in [2.05, 4.69) is 15.9 Å². The molecule has 0 aliphatic carbocycles. The van der Waals surface area contributed by atoms with Gasteiger partial charge in [0.05, 0.1) is 17.2 Å². The van der Waals surface area contributed by atoms with Crippen LogP contribution in [0.2, 0.25) is 5.02 Å². The maximum atomic E-state index is 14.1.